The summed E-state index contributed by atoms with van der Waals surface area (Å²) < 4.78 is 0. The third kappa shape index (κ3) is 2.74. The van der Waals surface area contributed by atoms with Gasteiger partial charge in [0, 0.05) is 0 Å². The van der Waals surface area contributed by atoms with Crippen molar-refractivity contribution in [3.05, 3.63) is 30.3 Å². The van der Waals surface area contributed by atoms with E-state index in [4.69, 9.17) is 0 Å². The van der Waals surface area contributed by atoms with Gasteiger partial charge in [-0.2, -0.15) is 0 Å². The maximum absolute atomic E-state index is 10.8. The zero-order chi connectivity index (χ0) is 8.10. The molecule has 1 aromatic carbocycles. The number of benzene rings is 1. The Morgan fingerprint density at radius 3 is 2.55 bits per heavy atom. The summed E-state index contributed by atoms with van der Waals surface area (Å²) in [5.74, 6) is -0.00352. The van der Waals surface area contributed by atoms with E-state index in [9.17, 15) is 4.79 Å². The molecule has 1 amide bonds. The van der Waals surface area contributed by atoms with Gasteiger partial charge in [0.15, 0.2) is 0 Å². The van der Waals surface area contributed by atoms with Gasteiger partial charge >= 0.3 is 73.4 Å². The van der Waals surface area contributed by atoms with Gasteiger partial charge in [-0.1, -0.05) is 0 Å². The number of hydrogen-bond donors (Lipinski definition) is 1. The Hall–Kier alpha value is -0.791. The van der Waals surface area contributed by atoms with Crippen LogP contribution in [0.25, 0.3) is 0 Å². The molecule has 0 aliphatic carbocycles. The molecule has 1 rings (SSSR count). The SMILES string of the molecule is O=C(C[Se])Nc1ccccc1. The minimum absolute atomic E-state index is 0.00352. The van der Waals surface area contributed by atoms with Crippen LogP contribution in [0, 0.1) is 0 Å². The summed E-state index contributed by atoms with van der Waals surface area (Å²) in [7, 11) is 0. The Morgan fingerprint density at radius 2 is 2.00 bits per heavy atom. The first-order valence-corrected chi connectivity index (χ1v) is 4.47. The quantitative estimate of drug-likeness (QED) is 0.735. The van der Waals surface area contributed by atoms with Crippen LogP contribution in [0.2, 0.25) is 5.32 Å². The van der Waals surface area contributed by atoms with E-state index in [2.05, 4.69) is 21.3 Å². The molecule has 1 N–H and O–H groups in total. The number of amides is 1. The molecule has 0 saturated carbocycles. The zero-order valence-corrected chi connectivity index (χ0v) is 7.62. The minimum atomic E-state index is -0.00352. The van der Waals surface area contributed by atoms with Crippen LogP contribution in [-0.4, -0.2) is 21.9 Å². The van der Waals surface area contributed by atoms with E-state index < -0.39 is 0 Å². The molecule has 1 radical (unpaired) electrons. The second-order valence-electron chi connectivity index (χ2n) is 2.06. The molecule has 0 aromatic heterocycles. The van der Waals surface area contributed by atoms with E-state index >= 15 is 0 Å². The first kappa shape index (κ1) is 8.31. The maximum atomic E-state index is 10.8. The molecule has 11 heavy (non-hydrogen) atoms. The van der Waals surface area contributed by atoms with Crippen molar-refractivity contribution < 1.29 is 4.79 Å². The van der Waals surface area contributed by atoms with E-state index in [1.165, 1.54) is 0 Å². The number of carbonyl (C=O) groups excluding carboxylic acids is 1. The molecule has 0 aliphatic rings. The molecule has 3 heteroatoms. The second kappa shape index (κ2) is 4.16. The molecule has 0 saturated heterocycles. The van der Waals surface area contributed by atoms with Crippen LogP contribution in [0.15, 0.2) is 30.3 Å². The number of rotatable bonds is 2. The molecule has 2 nitrogen and oxygen atoms in total. The third-order valence-electron chi connectivity index (χ3n) is 1.19. The van der Waals surface area contributed by atoms with Crippen molar-refractivity contribution >= 4 is 27.6 Å². The summed E-state index contributed by atoms with van der Waals surface area (Å²) in [6, 6.07) is 9.39. The summed E-state index contributed by atoms with van der Waals surface area (Å²) in [6.45, 7) is 0. The van der Waals surface area contributed by atoms with Gasteiger partial charge in [-0.15, -0.1) is 0 Å². The molecule has 0 atom stereocenters. The van der Waals surface area contributed by atoms with Crippen molar-refractivity contribution in [3.8, 4) is 0 Å². The summed E-state index contributed by atoms with van der Waals surface area (Å²) in [5, 5.41) is 3.12. The number of anilines is 1. The van der Waals surface area contributed by atoms with Crippen LogP contribution in [-0.2, 0) is 4.79 Å². The fraction of sp³-hybridized carbons (Fsp3) is 0.125. The Kier molecular flexibility index (Phi) is 3.14. The fourth-order valence-corrected chi connectivity index (χ4v) is 0.870. The summed E-state index contributed by atoms with van der Waals surface area (Å²) in [6.07, 6.45) is 0. The van der Waals surface area contributed by atoms with Gasteiger partial charge in [-0.3, -0.25) is 0 Å². The molecule has 0 spiro atoms. The van der Waals surface area contributed by atoms with Gasteiger partial charge in [0.25, 0.3) is 0 Å². The Morgan fingerprint density at radius 1 is 1.36 bits per heavy atom. The summed E-state index contributed by atoms with van der Waals surface area (Å²) in [5.41, 5.74) is 0.841. The Labute approximate surface area is 73.8 Å². The van der Waals surface area contributed by atoms with Gasteiger partial charge in [-0.25, -0.2) is 0 Å². The average molecular weight is 213 g/mol. The molecule has 57 valence electrons. The molecule has 0 heterocycles. The first-order valence-electron chi connectivity index (χ1n) is 3.26. The normalized spacial score (nSPS) is 9.18. The first-order chi connectivity index (χ1) is 5.33. The Bertz CT molecular complexity index is 235. The van der Waals surface area contributed by atoms with E-state index in [1.54, 1.807) is 0 Å². The predicted octanol–water partition coefficient (Wildman–Crippen LogP) is 1.21. The molecule has 0 bridgehead atoms. The van der Waals surface area contributed by atoms with Crippen LogP contribution < -0.4 is 5.32 Å². The second-order valence-corrected chi connectivity index (χ2v) is 2.66. The van der Waals surface area contributed by atoms with Gasteiger partial charge in [-0.05, 0) is 0 Å². The van der Waals surface area contributed by atoms with Crippen molar-refractivity contribution in [2.45, 2.75) is 5.32 Å². The predicted molar refractivity (Wildman–Crippen MR) is 45.6 cm³/mol. The monoisotopic (exact) mass is 214 g/mol. The van der Waals surface area contributed by atoms with Crippen LogP contribution in [0.1, 0.15) is 0 Å². The molecule has 0 unspecified atom stereocenters. The van der Waals surface area contributed by atoms with E-state index in [0.29, 0.717) is 5.32 Å². The molecule has 1 aromatic rings. The standard InChI is InChI=1S/C8H8NOSe/c10-8(6-11)9-7-4-2-1-3-5-7/h1-5H,6H2,(H,9,10). The van der Waals surface area contributed by atoms with E-state index in [0.717, 1.165) is 5.69 Å². The average Bonchev–Trinajstić information content (AvgIpc) is 2.06. The number of carbonyl (C=O) groups is 1. The van der Waals surface area contributed by atoms with Crippen LogP contribution in [0.5, 0.6) is 0 Å². The van der Waals surface area contributed by atoms with Gasteiger partial charge in [0.05, 0.1) is 0 Å². The molecular weight excluding hydrogens is 205 g/mol. The van der Waals surface area contributed by atoms with E-state index in [-0.39, 0.29) is 5.91 Å². The number of nitrogens with one attached hydrogen (secondary N) is 1. The zero-order valence-electron chi connectivity index (χ0n) is 5.91. The molecule has 0 aliphatic heterocycles. The van der Waals surface area contributed by atoms with Gasteiger partial charge in [0.1, 0.15) is 0 Å². The number of hydrogen-bond acceptors (Lipinski definition) is 1. The van der Waals surface area contributed by atoms with Crippen molar-refractivity contribution in [1.82, 2.24) is 0 Å². The third-order valence-corrected chi connectivity index (χ3v) is 1.74. The fourth-order valence-electron chi connectivity index (χ4n) is 0.719. The Balaban J connectivity index is 2.58. The van der Waals surface area contributed by atoms with E-state index in [1.807, 2.05) is 30.3 Å². The summed E-state index contributed by atoms with van der Waals surface area (Å²) >= 11 is 2.65. The topological polar surface area (TPSA) is 29.1 Å². The van der Waals surface area contributed by atoms with Crippen molar-refractivity contribution in [1.29, 1.82) is 0 Å². The molecule has 0 fully saturated rings. The van der Waals surface area contributed by atoms with Crippen molar-refractivity contribution in [2.75, 3.05) is 5.32 Å². The summed E-state index contributed by atoms with van der Waals surface area (Å²) in [4.78, 5) is 10.8. The van der Waals surface area contributed by atoms with Crippen LogP contribution >= 0.6 is 0 Å². The molecular formula is C8H8NOSe. The van der Waals surface area contributed by atoms with Crippen LogP contribution in [0.3, 0.4) is 0 Å². The van der Waals surface area contributed by atoms with Crippen molar-refractivity contribution in [3.63, 3.8) is 0 Å². The number of para-hydroxylation sites is 1. The van der Waals surface area contributed by atoms with Gasteiger partial charge < -0.3 is 0 Å². The van der Waals surface area contributed by atoms with Gasteiger partial charge in [0.2, 0.25) is 0 Å². The van der Waals surface area contributed by atoms with Crippen molar-refractivity contribution in [2.24, 2.45) is 0 Å². The van der Waals surface area contributed by atoms with Crippen LogP contribution in [0.4, 0.5) is 5.69 Å².